The van der Waals surface area contributed by atoms with Crippen LogP contribution in [-0.4, -0.2) is 62.1 Å². The van der Waals surface area contributed by atoms with Gasteiger partial charge in [-0.1, -0.05) is 43.7 Å². The highest BCUT2D eigenvalue weighted by Crippen LogP contribution is 2.54. The van der Waals surface area contributed by atoms with E-state index in [1.165, 1.54) is 13.4 Å². The Morgan fingerprint density at radius 2 is 1.97 bits per heavy atom. The summed E-state index contributed by atoms with van der Waals surface area (Å²) in [5.74, 6) is 0.483. The van der Waals surface area contributed by atoms with E-state index in [-0.39, 0.29) is 23.8 Å². The first-order valence-electron chi connectivity index (χ1n) is 12.6. The lowest BCUT2D eigenvalue weighted by Crippen LogP contribution is -2.60. The Hall–Kier alpha value is -3.16. The van der Waals surface area contributed by atoms with Gasteiger partial charge in [0.1, 0.15) is 11.4 Å². The number of hydrogen-bond donors (Lipinski definition) is 1. The number of methoxy groups -OCH3 is 3. The third kappa shape index (κ3) is 3.82. The van der Waals surface area contributed by atoms with E-state index >= 15 is 0 Å². The smallest absolute Gasteiger partial charge is 0.337 e. The van der Waals surface area contributed by atoms with Crippen LogP contribution in [0.1, 0.15) is 31.7 Å². The van der Waals surface area contributed by atoms with E-state index in [2.05, 4.69) is 24.0 Å². The molecule has 190 valence electrons. The van der Waals surface area contributed by atoms with Gasteiger partial charge in [-0.3, -0.25) is 9.89 Å². The number of esters is 1. The summed E-state index contributed by atoms with van der Waals surface area (Å²) in [5.41, 5.74) is 3.61. The average Bonchev–Trinajstić information content (AvgIpc) is 3.24. The second-order valence-electron chi connectivity index (χ2n) is 9.83. The zero-order valence-corrected chi connectivity index (χ0v) is 21.4. The monoisotopic (exact) mass is 490 g/mol. The standard InChI is InChI=1S/C29H34N2O5/c1-5-18-16-31-14-13-29(33)25-24(35-3)12-11-20(19-9-7-6-8-10-19)26(25)30-27(29)23(31)15-21(18)22(17-34-2)28(32)36-4/h6-12,17-18,21,23,33H,5,13-16H2,1-4H3/b22-17+/t18-,21+,23+,29+/m1/s1. The minimum absolute atomic E-state index is 0.0621. The number of hydrogen-bond acceptors (Lipinski definition) is 7. The molecular formula is C29H34N2O5. The van der Waals surface area contributed by atoms with Gasteiger partial charge in [0.25, 0.3) is 0 Å². The van der Waals surface area contributed by atoms with Gasteiger partial charge in [-0.2, -0.15) is 0 Å². The van der Waals surface area contributed by atoms with Crippen LogP contribution in [0.25, 0.3) is 11.1 Å². The van der Waals surface area contributed by atoms with Crippen molar-refractivity contribution in [2.45, 2.75) is 37.8 Å². The molecule has 3 heterocycles. The minimum Gasteiger partial charge on any atom is -0.504 e. The van der Waals surface area contributed by atoms with Crippen molar-refractivity contribution in [3.05, 3.63) is 59.9 Å². The molecule has 2 fully saturated rings. The van der Waals surface area contributed by atoms with Gasteiger partial charge in [0, 0.05) is 18.7 Å². The van der Waals surface area contributed by atoms with Crippen molar-refractivity contribution in [1.82, 2.24) is 4.90 Å². The number of rotatable bonds is 6. The molecule has 7 heteroatoms. The Bertz CT molecular complexity index is 1210. The van der Waals surface area contributed by atoms with Crippen molar-refractivity contribution in [2.75, 3.05) is 34.4 Å². The van der Waals surface area contributed by atoms with Crippen LogP contribution in [0.15, 0.2) is 59.3 Å². The van der Waals surface area contributed by atoms with Gasteiger partial charge < -0.3 is 19.3 Å². The molecule has 2 aromatic rings. The molecular weight excluding hydrogens is 456 g/mol. The lowest BCUT2D eigenvalue weighted by atomic mass is 9.70. The van der Waals surface area contributed by atoms with E-state index in [9.17, 15) is 9.90 Å². The third-order valence-corrected chi connectivity index (χ3v) is 8.14. The molecule has 3 aliphatic rings. The molecule has 36 heavy (non-hydrogen) atoms. The van der Waals surface area contributed by atoms with Crippen LogP contribution in [0.3, 0.4) is 0 Å². The van der Waals surface area contributed by atoms with Crippen LogP contribution in [0.4, 0.5) is 5.69 Å². The Labute approximate surface area is 212 Å². The van der Waals surface area contributed by atoms with Crippen LogP contribution in [0.2, 0.25) is 0 Å². The summed E-state index contributed by atoms with van der Waals surface area (Å²) in [6.07, 6.45) is 3.64. The van der Waals surface area contributed by atoms with Crippen molar-refractivity contribution < 1.29 is 24.1 Å². The number of carbonyl (C=O) groups is 1. The molecule has 0 saturated carbocycles. The van der Waals surface area contributed by atoms with Gasteiger partial charge in [-0.15, -0.1) is 0 Å². The predicted octanol–water partition coefficient (Wildman–Crippen LogP) is 4.46. The molecule has 0 bridgehead atoms. The predicted molar refractivity (Wildman–Crippen MR) is 138 cm³/mol. The Morgan fingerprint density at radius 1 is 1.19 bits per heavy atom. The molecule has 0 unspecified atom stereocenters. The Morgan fingerprint density at radius 3 is 2.64 bits per heavy atom. The highest BCUT2D eigenvalue weighted by Gasteiger charge is 2.54. The number of aliphatic hydroxyl groups is 1. The number of aliphatic imine (C=N–C) groups is 1. The second kappa shape index (κ2) is 9.71. The van der Waals surface area contributed by atoms with Crippen LogP contribution in [-0.2, 0) is 19.9 Å². The van der Waals surface area contributed by atoms with Gasteiger partial charge in [0.05, 0.1) is 56.2 Å². The Balaban J connectivity index is 1.61. The molecule has 0 spiro atoms. The van der Waals surface area contributed by atoms with Crippen molar-refractivity contribution in [3.8, 4) is 16.9 Å². The highest BCUT2D eigenvalue weighted by molar-refractivity contribution is 6.07. The number of piperidine rings is 2. The van der Waals surface area contributed by atoms with Crippen LogP contribution < -0.4 is 4.74 Å². The molecule has 0 aromatic heterocycles. The van der Waals surface area contributed by atoms with Crippen molar-refractivity contribution in [1.29, 1.82) is 0 Å². The Kier molecular flexibility index (Phi) is 6.62. The molecule has 0 radical (unpaired) electrons. The summed E-state index contributed by atoms with van der Waals surface area (Å²) in [6, 6.07) is 13.9. The fourth-order valence-electron chi connectivity index (χ4n) is 6.35. The fourth-order valence-corrected chi connectivity index (χ4v) is 6.35. The van der Waals surface area contributed by atoms with E-state index in [1.54, 1.807) is 14.2 Å². The van der Waals surface area contributed by atoms with Gasteiger partial charge in [0.15, 0.2) is 0 Å². The molecule has 5 rings (SSSR count). The largest absolute Gasteiger partial charge is 0.504 e. The van der Waals surface area contributed by atoms with E-state index in [4.69, 9.17) is 19.2 Å². The molecule has 4 atom stereocenters. The summed E-state index contributed by atoms with van der Waals surface area (Å²) in [7, 11) is 4.58. The van der Waals surface area contributed by atoms with Crippen molar-refractivity contribution in [2.24, 2.45) is 16.8 Å². The summed E-state index contributed by atoms with van der Waals surface area (Å²) in [5, 5.41) is 12.2. The lowest BCUT2D eigenvalue weighted by Gasteiger charge is -2.50. The molecule has 0 amide bonds. The van der Waals surface area contributed by atoms with Crippen LogP contribution >= 0.6 is 0 Å². The van der Waals surface area contributed by atoms with Gasteiger partial charge >= 0.3 is 5.97 Å². The van der Waals surface area contributed by atoms with E-state index in [0.717, 1.165) is 47.6 Å². The van der Waals surface area contributed by atoms with E-state index < -0.39 is 5.60 Å². The summed E-state index contributed by atoms with van der Waals surface area (Å²) < 4.78 is 16.1. The highest BCUT2D eigenvalue weighted by atomic mass is 16.5. The molecule has 7 nitrogen and oxygen atoms in total. The first-order chi connectivity index (χ1) is 17.5. The normalized spacial score (nSPS) is 27.4. The summed E-state index contributed by atoms with van der Waals surface area (Å²) in [6.45, 7) is 3.71. The van der Waals surface area contributed by atoms with Gasteiger partial charge in [-0.05, 0) is 42.4 Å². The maximum absolute atomic E-state index is 12.7. The average molecular weight is 491 g/mol. The molecule has 1 N–H and O–H groups in total. The second-order valence-corrected chi connectivity index (χ2v) is 9.83. The van der Waals surface area contributed by atoms with Crippen molar-refractivity contribution >= 4 is 17.4 Å². The fraction of sp³-hybridized carbons (Fsp3) is 0.448. The van der Waals surface area contributed by atoms with E-state index in [1.807, 2.05) is 30.3 Å². The zero-order valence-electron chi connectivity index (χ0n) is 21.4. The molecule has 2 saturated heterocycles. The van der Waals surface area contributed by atoms with Crippen LogP contribution in [0, 0.1) is 11.8 Å². The number of benzene rings is 2. The summed E-state index contributed by atoms with van der Waals surface area (Å²) >= 11 is 0. The lowest BCUT2D eigenvalue weighted by molar-refractivity contribution is -0.137. The minimum atomic E-state index is -1.22. The van der Waals surface area contributed by atoms with E-state index in [0.29, 0.717) is 24.2 Å². The molecule has 3 aliphatic heterocycles. The summed E-state index contributed by atoms with van der Waals surface area (Å²) in [4.78, 5) is 20.3. The molecule has 2 aromatic carbocycles. The third-order valence-electron chi connectivity index (χ3n) is 8.14. The topological polar surface area (TPSA) is 80.6 Å². The van der Waals surface area contributed by atoms with Crippen molar-refractivity contribution in [3.63, 3.8) is 0 Å². The number of fused-ring (bicyclic) bond motifs is 5. The zero-order chi connectivity index (χ0) is 25.4. The maximum atomic E-state index is 12.7. The number of ether oxygens (including phenoxy) is 3. The first-order valence-corrected chi connectivity index (χ1v) is 12.6. The number of carbonyl (C=O) groups excluding carboxylic acids is 1. The van der Waals surface area contributed by atoms with Crippen LogP contribution in [0.5, 0.6) is 5.75 Å². The maximum Gasteiger partial charge on any atom is 0.337 e. The van der Waals surface area contributed by atoms with Gasteiger partial charge in [0.2, 0.25) is 0 Å². The first kappa shape index (κ1) is 24.5. The molecule has 0 aliphatic carbocycles. The SMILES string of the molecule is CC[C@@H]1CN2CC[C@@]3(O)C(=Nc4c(-c5ccccc5)ccc(OC)c43)[C@@H]2C[C@@H]1/C(=C\OC)C(=O)OC. The van der Waals surface area contributed by atoms with Gasteiger partial charge in [-0.25, -0.2) is 4.79 Å². The quantitative estimate of drug-likeness (QED) is 0.366. The number of nitrogens with zero attached hydrogens (tertiary/aromatic N) is 2.